The van der Waals surface area contributed by atoms with E-state index in [1.807, 2.05) is 0 Å². The Labute approximate surface area is 139 Å². The van der Waals surface area contributed by atoms with Crippen LogP contribution in [0.25, 0.3) is 0 Å². The van der Waals surface area contributed by atoms with E-state index in [0.29, 0.717) is 12.0 Å². The summed E-state index contributed by atoms with van der Waals surface area (Å²) in [6.07, 6.45) is 15.7. The van der Waals surface area contributed by atoms with Crippen LogP contribution in [0.1, 0.15) is 105 Å². The molecule has 0 heterocycles. The summed E-state index contributed by atoms with van der Waals surface area (Å²) in [6.45, 7) is 8.80. The summed E-state index contributed by atoms with van der Waals surface area (Å²) in [5, 5.41) is 0. The lowest BCUT2D eigenvalue weighted by Gasteiger charge is -2.22. The number of carbonyl (C=O) groups is 1. The van der Waals surface area contributed by atoms with E-state index >= 15 is 0 Å². The van der Waals surface area contributed by atoms with Crippen molar-refractivity contribution in [2.45, 2.75) is 111 Å². The van der Waals surface area contributed by atoms with Crippen LogP contribution in [0.15, 0.2) is 0 Å². The monoisotopic (exact) mass is 311 g/mol. The normalized spacial score (nSPS) is 17.0. The van der Waals surface area contributed by atoms with Crippen LogP contribution in [0.3, 0.4) is 0 Å². The molecule has 0 aromatic rings. The lowest BCUT2D eigenvalue weighted by molar-refractivity contribution is -0.116. The third-order valence-corrected chi connectivity index (χ3v) is 5.12. The van der Waals surface area contributed by atoms with Crippen LogP contribution in [0.2, 0.25) is 0 Å². The fourth-order valence-electron chi connectivity index (χ4n) is 3.38. The van der Waals surface area contributed by atoms with Crippen molar-refractivity contribution in [3.63, 3.8) is 0 Å². The smallest absolute Gasteiger partial charge is 0.125 e. The van der Waals surface area contributed by atoms with Gasteiger partial charge in [-0.15, -0.1) is 0 Å². The molecule has 0 bridgehead atoms. The van der Waals surface area contributed by atoms with Crippen molar-refractivity contribution in [2.75, 3.05) is 0 Å². The van der Waals surface area contributed by atoms with Gasteiger partial charge >= 0.3 is 0 Å². The molecule has 0 rings (SSSR count). The molecule has 2 heteroatoms. The first-order valence-electron chi connectivity index (χ1n) is 9.71. The van der Waals surface area contributed by atoms with Crippen LogP contribution >= 0.6 is 0 Å². The van der Waals surface area contributed by atoms with Crippen molar-refractivity contribution < 1.29 is 4.79 Å². The average molecular weight is 312 g/mol. The Kier molecular flexibility index (Phi) is 12.9. The molecule has 3 unspecified atom stereocenters. The van der Waals surface area contributed by atoms with Crippen LogP contribution in [0, 0.1) is 11.3 Å². The summed E-state index contributed by atoms with van der Waals surface area (Å²) in [7, 11) is 0. The number of aldehydes is 1. The molecule has 2 nitrogen and oxygen atoms in total. The predicted octanol–water partition coefficient (Wildman–Crippen LogP) is 5.88. The molecule has 0 spiro atoms. The molecule has 132 valence electrons. The highest BCUT2D eigenvalue weighted by Gasteiger charge is 2.21. The molecule has 0 radical (unpaired) electrons. The summed E-state index contributed by atoms with van der Waals surface area (Å²) in [5.74, 6) is 0.671. The van der Waals surface area contributed by atoms with Crippen LogP contribution < -0.4 is 5.73 Å². The molecule has 0 fully saturated rings. The Hall–Kier alpha value is -0.370. The number of nitrogens with two attached hydrogens (primary N) is 1. The first kappa shape index (κ1) is 21.6. The second-order valence-electron chi connectivity index (χ2n) is 7.61. The maximum Gasteiger partial charge on any atom is 0.125 e. The second-order valence-corrected chi connectivity index (χ2v) is 7.61. The first-order chi connectivity index (χ1) is 10.5. The first-order valence-corrected chi connectivity index (χ1v) is 9.71. The zero-order valence-electron chi connectivity index (χ0n) is 15.7. The minimum absolute atomic E-state index is 0.0725. The number of hydrogen-bond acceptors (Lipinski definition) is 2. The van der Waals surface area contributed by atoms with Gasteiger partial charge in [-0.2, -0.15) is 0 Å². The lowest BCUT2D eigenvalue weighted by atomic mass is 9.82. The Bertz CT molecular complexity index is 266. The quantitative estimate of drug-likeness (QED) is 0.303. The molecule has 3 atom stereocenters. The number of carbonyl (C=O) groups excluding carboxylic acids is 1. The van der Waals surface area contributed by atoms with Gasteiger partial charge in [-0.3, -0.25) is 0 Å². The SMILES string of the molecule is CCCC(C)C(N)CCCCCCCCC(C)(C=O)CCC. The van der Waals surface area contributed by atoms with Gasteiger partial charge in [0.05, 0.1) is 0 Å². The molecule has 0 aliphatic heterocycles. The zero-order valence-corrected chi connectivity index (χ0v) is 15.7. The van der Waals surface area contributed by atoms with Crippen molar-refractivity contribution in [1.82, 2.24) is 0 Å². The lowest BCUT2D eigenvalue weighted by Crippen LogP contribution is -2.27. The molecule has 0 saturated carbocycles. The maximum atomic E-state index is 11.2. The Balaban J connectivity index is 3.52. The van der Waals surface area contributed by atoms with Gasteiger partial charge in [-0.05, 0) is 31.6 Å². The Morgan fingerprint density at radius 1 is 0.909 bits per heavy atom. The second kappa shape index (κ2) is 13.1. The maximum absolute atomic E-state index is 11.2. The van der Waals surface area contributed by atoms with Crippen LogP contribution in [0.4, 0.5) is 0 Å². The van der Waals surface area contributed by atoms with Gasteiger partial charge in [0.15, 0.2) is 0 Å². The fraction of sp³-hybridized carbons (Fsp3) is 0.950. The molecule has 0 aliphatic rings. The van der Waals surface area contributed by atoms with Crippen molar-refractivity contribution >= 4 is 6.29 Å². The van der Waals surface area contributed by atoms with Gasteiger partial charge in [0.2, 0.25) is 0 Å². The van der Waals surface area contributed by atoms with E-state index in [0.717, 1.165) is 19.3 Å². The largest absolute Gasteiger partial charge is 0.327 e. The topological polar surface area (TPSA) is 43.1 Å². The molecule has 0 amide bonds. The highest BCUT2D eigenvalue weighted by Crippen LogP contribution is 2.27. The van der Waals surface area contributed by atoms with Gasteiger partial charge in [0.25, 0.3) is 0 Å². The molecular weight excluding hydrogens is 270 g/mol. The summed E-state index contributed by atoms with van der Waals surface area (Å²) in [5.41, 5.74) is 6.15. The standard InChI is InChI=1S/C20H41NO/c1-5-13-18(3)19(21)14-11-9-7-8-10-12-16-20(4,17-22)15-6-2/h17-19H,5-16,21H2,1-4H3. The highest BCUT2D eigenvalue weighted by molar-refractivity contribution is 5.58. The van der Waals surface area contributed by atoms with E-state index in [1.165, 1.54) is 64.1 Å². The summed E-state index contributed by atoms with van der Waals surface area (Å²) < 4.78 is 0. The predicted molar refractivity (Wildman–Crippen MR) is 98.1 cm³/mol. The fourth-order valence-corrected chi connectivity index (χ4v) is 3.38. The third kappa shape index (κ3) is 10.4. The van der Waals surface area contributed by atoms with Gasteiger partial charge in [0, 0.05) is 11.5 Å². The minimum Gasteiger partial charge on any atom is -0.327 e. The van der Waals surface area contributed by atoms with Crippen LogP contribution in [0.5, 0.6) is 0 Å². The summed E-state index contributed by atoms with van der Waals surface area (Å²) in [6, 6.07) is 0.391. The number of rotatable bonds is 15. The Morgan fingerprint density at radius 2 is 1.50 bits per heavy atom. The zero-order chi connectivity index (χ0) is 16.8. The van der Waals surface area contributed by atoms with Gasteiger partial charge in [0.1, 0.15) is 6.29 Å². The third-order valence-electron chi connectivity index (χ3n) is 5.12. The van der Waals surface area contributed by atoms with E-state index in [9.17, 15) is 4.79 Å². The molecule has 0 saturated heterocycles. The van der Waals surface area contributed by atoms with Crippen LogP contribution in [-0.4, -0.2) is 12.3 Å². The van der Waals surface area contributed by atoms with E-state index in [-0.39, 0.29) is 5.41 Å². The molecule has 0 aromatic heterocycles. The molecular formula is C20H41NO. The molecule has 0 aromatic carbocycles. The Morgan fingerprint density at radius 3 is 2.05 bits per heavy atom. The number of unbranched alkanes of at least 4 members (excludes halogenated alkanes) is 5. The van der Waals surface area contributed by atoms with Gasteiger partial charge in [-0.1, -0.05) is 79.1 Å². The molecule has 22 heavy (non-hydrogen) atoms. The van der Waals surface area contributed by atoms with Crippen molar-refractivity contribution in [1.29, 1.82) is 0 Å². The van der Waals surface area contributed by atoms with Crippen LogP contribution in [-0.2, 0) is 4.79 Å². The van der Waals surface area contributed by atoms with Crippen molar-refractivity contribution in [3.8, 4) is 0 Å². The van der Waals surface area contributed by atoms with Crippen molar-refractivity contribution in [2.24, 2.45) is 17.1 Å². The summed E-state index contributed by atoms with van der Waals surface area (Å²) in [4.78, 5) is 11.2. The van der Waals surface area contributed by atoms with E-state index in [2.05, 4.69) is 27.7 Å². The van der Waals surface area contributed by atoms with E-state index < -0.39 is 0 Å². The minimum atomic E-state index is -0.0725. The molecule has 2 N–H and O–H groups in total. The number of hydrogen-bond donors (Lipinski definition) is 1. The highest BCUT2D eigenvalue weighted by atomic mass is 16.1. The van der Waals surface area contributed by atoms with Crippen molar-refractivity contribution in [3.05, 3.63) is 0 Å². The van der Waals surface area contributed by atoms with E-state index in [4.69, 9.17) is 5.73 Å². The molecule has 0 aliphatic carbocycles. The summed E-state index contributed by atoms with van der Waals surface area (Å²) >= 11 is 0. The van der Waals surface area contributed by atoms with Gasteiger partial charge < -0.3 is 10.5 Å². The average Bonchev–Trinajstić information content (AvgIpc) is 2.50. The van der Waals surface area contributed by atoms with Gasteiger partial charge in [-0.25, -0.2) is 0 Å². The van der Waals surface area contributed by atoms with E-state index in [1.54, 1.807) is 0 Å².